The van der Waals surface area contributed by atoms with Crippen LogP contribution in [0.5, 0.6) is 0 Å². The predicted molar refractivity (Wildman–Crippen MR) is 81.0 cm³/mol. The fourth-order valence-corrected chi connectivity index (χ4v) is 2.13. The van der Waals surface area contributed by atoms with Crippen molar-refractivity contribution in [2.24, 2.45) is 35.1 Å². The molecule has 0 aliphatic carbocycles. The Bertz CT molecular complexity index is 270. The van der Waals surface area contributed by atoms with Gasteiger partial charge in [-0.05, 0) is 23.7 Å². The summed E-state index contributed by atoms with van der Waals surface area (Å²) >= 11 is 0. The van der Waals surface area contributed by atoms with Crippen molar-refractivity contribution < 1.29 is 0 Å². The monoisotopic (exact) mass is 252 g/mol. The van der Waals surface area contributed by atoms with Crippen molar-refractivity contribution >= 4 is 0 Å². The molecule has 0 rings (SSSR count). The zero-order valence-corrected chi connectivity index (χ0v) is 13.5. The van der Waals surface area contributed by atoms with Gasteiger partial charge in [0.25, 0.3) is 0 Å². The Morgan fingerprint density at radius 3 is 0.833 bits per heavy atom. The second-order valence-corrected chi connectivity index (χ2v) is 6.73. The number of rotatable bonds is 4. The van der Waals surface area contributed by atoms with E-state index in [4.69, 9.17) is 11.5 Å². The normalized spacial score (nSPS) is 13.4. The molecular weight excluding hydrogens is 220 g/mol. The third-order valence-electron chi connectivity index (χ3n) is 4.32. The summed E-state index contributed by atoms with van der Waals surface area (Å²) < 4.78 is 0. The van der Waals surface area contributed by atoms with Crippen LogP contribution in [0.2, 0.25) is 0 Å². The van der Waals surface area contributed by atoms with Crippen molar-refractivity contribution in [3.8, 4) is 11.8 Å². The predicted octanol–water partition coefficient (Wildman–Crippen LogP) is 3.01. The van der Waals surface area contributed by atoms with E-state index in [1.54, 1.807) is 0 Å². The summed E-state index contributed by atoms with van der Waals surface area (Å²) in [6.45, 7) is 17.0. The summed E-state index contributed by atoms with van der Waals surface area (Å²) in [6.07, 6.45) is 0. The molecule has 0 atom stereocenters. The molecule has 0 aliphatic rings. The minimum Gasteiger partial charge on any atom is -0.315 e. The van der Waals surface area contributed by atoms with Gasteiger partial charge in [-0.1, -0.05) is 67.2 Å². The summed E-state index contributed by atoms with van der Waals surface area (Å²) in [5.74, 6) is 7.86. The number of hydrogen-bond donors (Lipinski definition) is 2. The zero-order valence-electron chi connectivity index (χ0n) is 13.5. The van der Waals surface area contributed by atoms with Crippen molar-refractivity contribution in [2.45, 2.75) is 66.5 Å². The third-order valence-corrected chi connectivity index (χ3v) is 4.32. The lowest BCUT2D eigenvalue weighted by Gasteiger charge is -2.36. The Kier molecular flexibility index (Phi) is 5.91. The fourth-order valence-electron chi connectivity index (χ4n) is 2.13. The van der Waals surface area contributed by atoms with E-state index >= 15 is 0 Å². The second kappa shape index (κ2) is 6.08. The topological polar surface area (TPSA) is 52.0 Å². The highest BCUT2D eigenvalue weighted by atomic mass is 14.8. The second-order valence-electron chi connectivity index (χ2n) is 6.73. The molecule has 0 aliphatic heterocycles. The summed E-state index contributed by atoms with van der Waals surface area (Å²) in [5.41, 5.74) is 12.0. The first-order valence-electron chi connectivity index (χ1n) is 7.10. The van der Waals surface area contributed by atoms with Crippen molar-refractivity contribution in [1.29, 1.82) is 0 Å². The van der Waals surface area contributed by atoms with Gasteiger partial charge in [-0.25, -0.2) is 0 Å². The van der Waals surface area contributed by atoms with Gasteiger partial charge in [0, 0.05) is 0 Å². The van der Waals surface area contributed by atoms with Crippen LogP contribution in [0.1, 0.15) is 55.4 Å². The molecule has 2 heteroatoms. The lowest BCUT2D eigenvalue weighted by molar-refractivity contribution is 0.288. The van der Waals surface area contributed by atoms with E-state index in [2.05, 4.69) is 67.2 Å². The molecule has 0 fully saturated rings. The molecule has 0 aromatic carbocycles. The fraction of sp³-hybridized carbons (Fsp3) is 0.875. The molecule has 0 spiro atoms. The first kappa shape index (κ1) is 17.5. The summed E-state index contributed by atoms with van der Waals surface area (Å²) in [6, 6.07) is 0. The molecule has 18 heavy (non-hydrogen) atoms. The molecular formula is C16H32N2. The van der Waals surface area contributed by atoms with Crippen LogP contribution in [0.4, 0.5) is 0 Å². The maximum Gasteiger partial charge on any atom is 0.0822 e. The Morgan fingerprint density at radius 2 is 0.722 bits per heavy atom. The van der Waals surface area contributed by atoms with Crippen LogP contribution in [0.25, 0.3) is 0 Å². The van der Waals surface area contributed by atoms with E-state index in [1.165, 1.54) is 0 Å². The van der Waals surface area contributed by atoms with Gasteiger partial charge in [0.05, 0.1) is 11.1 Å². The lowest BCUT2D eigenvalue weighted by Crippen LogP contribution is -2.52. The van der Waals surface area contributed by atoms with Gasteiger partial charge >= 0.3 is 0 Å². The summed E-state index contributed by atoms with van der Waals surface area (Å²) in [5, 5.41) is 0. The Balaban J connectivity index is 5.47. The molecule has 0 radical (unpaired) electrons. The van der Waals surface area contributed by atoms with Crippen LogP contribution in [-0.2, 0) is 0 Å². The molecule has 0 bridgehead atoms. The maximum atomic E-state index is 6.46. The smallest absolute Gasteiger partial charge is 0.0822 e. The van der Waals surface area contributed by atoms with Crippen LogP contribution in [0.15, 0.2) is 0 Å². The first-order chi connectivity index (χ1) is 7.98. The van der Waals surface area contributed by atoms with Gasteiger partial charge < -0.3 is 11.5 Å². The molecule has 4 N–H and O–H groups in total. The molecule has 0 saturated heterocycles. The highest BCUT2D eigenvalue weighted by molar-refractivity contribution is 5.27. The highest BCUT2D eigenvalue weighted by Crippen LogP contribution is 2.26. The highest BCUT2D eigenvalue weighted by Gasteiger charge is 2.34. The van der Waals surface area contributed by atoms with Crippen LogP contribution in [0, 0.1) is 35.5 Å². The average Bonchev–Trinajstić information content (AvgIpc) is 2.23. The van der Waals surface area contributed by atoms with Gasteiger partial charge in [-0.2, -0.15) is 0 Å². The Hall–Kier alpha value is -0.520. The Labute approximate surface area is 114 Å². The van der Waals surface area contributed by atoms with Gasteiger partial charge in [-0.3, -0.25) is 0 Å². The molecule has 0 unspecified atom stereocenters. The molecule has 2 nitrogen and oxygen atoms in total. The molecule has 0 amide bonds. The van der Waals surface area contributed by atoms with E-state index in [9.17, 15) is 0 Å². The number of hydrogen-bond acceptors (Lipinski definition) is 2. The van der Waals surface area contributed by atoms with E-state index in [-0.39, 0.29) is 0 Å². The SMILES string of the molecule is CC(C)C(N)(C#CC(N)(C(C)C)C(C)C)C(C)C. The molecule has 106 valence electrons. The molecule has 0 aromatic heterocycles. The van der Waals surface area contributed by atoms with Gasteiger partial charge in [0.1, 0.15) is 0 Å². The van der Waals surface area contributed by atoms with Crippen molar-refractivity contribution in [2.75, 3.05) is 0 Å². The first-order valence-corrected chi connectivity index (χ1v) is 7.10. The molecule has 0 aromatic rings. The zero-order chi connectivity index (χ0) is 14.7. The van der Waals surface area contributed by atoms with Crippen molar-refractivity contribution in [3.05, 3.63) is 0 Å². The van der Waals surface area contributed by atoms with E-state index in [0.29, 0.717) is 23.7 Å². The van der Waals surface area contributed by atoms with Crippen LogP contribution < -0.4 is 11.5 Å². The van der Waals surface area contributed by atoms with E-state index in [1.807, 2.05) is 0 Å². The van der Waals surface area contributed by atoms with Gasteiger partial charge in [0.2, 0.25) is 0 Å². The van der Waals surface area contributed by atoms with Crippen LogP contribution in [-0.4, -0.2) is 11.1 Å². The van der Waals surface area contributed by atoms with Crippen LogP contribution in [0.3, 0.4) is 0 Å². The van der Waals surface area contributed by atoms with E-state index < -0.39 is 11.1 Å². The molecule has 0 heterocycles. The lowest BCUT2D eigenvalue weighted by atomic mass is 9.74. The minimum atomic E-state index is -0.464. The summed E-state index contributed by atoms with van der Waals surface area (Å²) in [7, 11) is 0. The van der Waals surface area contributed by atoms with Crippen molar-refractivity contribution in [1.82, 2.24) is 0 Å². The van der Waals surface area contributed by atoms with Gasteiger partial charge in [0.15, 0.2) is 0 Å². The van der Waals surface area contributed by atoms with Crippen LogP contribution >= 0.6 is 0 Å². The standard InChI is InChI=1S/C16H32N2/c1-11(2)15(17,12(3)4)9-10-16(18,13(5)6)14(7)8/h11-14H,17-18H2,1-8H3. The average molecular weight is 252 g/mol. The molecule has 0 saturated carbocycles. The largest absolute Gasteiger partial charge is 0.315 e. The summed E-state index contributed by atoms with van der Waals surface area (Å²) in [4.78, 5) is 0. The quantitative estimate of drug-likeness (QED) is 0.756. The minimum absolute atomic E-state index is 0.313. The van der Waals surface area contributed by atoms with Crippen molar-refractivity contribution in [3.63, 3.8) is 0 Å². The Morgan fingerprint density at radius 1 is 0.556 bits per heavy atom. The van der Waals surface area contributed by atoms with E-state index in [0.717, 1.165) is 0 Å². The van der Waals surface area contributed by atoms with Gasteiger partial charge in [-0.15, -0.1) is 0 Å². The maximum absolute atomic E-state index is 6.46. The number of nitrogens with two attached hydrogens (primary N) is 2. The third kappa shape index (κ3) is 3.49.